The lowest BCUT2D eigenvalue weighted by molar-refractivity contribution is 0.609. The molecule has 0 radical (unpaired) electrons. The van der Waals surface area contributed by atoms with Gasteiger partial charge in [-0.3, -0.25) is 0 Å². The van der Waals surface area contributed by atoms with Crippen molar-refractivity contribution in [1.29, 1.82) is 10.5 Å². The molecule has 76 heavy (non-hydrogen) atoms. The number of anilines is 2. The number of benzene rings is 7. The lowest BCUT2D eigenvalue weighted by atomic mass is 9.89. The van der Waals surface area contributed by atoms with Gasteiger partial charge in [-0.05, 0) is 154 Å². The van der Waals surface area contributed by atoms with E-state index in [2.05, 4.69) is 183 Å². The zero-order valence-electron chi connectivity index (χ0n) is 45.9. The van der Waals surface area contributed by atoms with Crippen molar-refractivity contribution in [3.05, 3.63) is 189 Å². The quantitative estimate of drug-likeness (QED) is 0.0235. The Hall–Kier alpha value is -7.76. The molecule has 0 saturated carbocycles. The van der Waals surface area contributed by atoms with Gasteiger partial charge in [-0.15, -0.1) is 0 Å². The van der Waals surface area contributed by atoms with Crippen LogP contribution in [0.15, 0.2) is 133 Å². The Labute approximate surface area is 456 Å². The van der Waals surface area contributed by atoms with Crippen LogP contribution in [0.2, 0.25) is 0 Å². The van der Waals surface area contributed by atoms with E-state index < -0.39 is 0 Å². The van der Waals surface area contributed by atoms with Gasteiger partial charge in [0.15, 0.2) is 0 Å². The van der Waals surface area contributed by atoms with Crippen LogP contribution in [-0.2, 0) is 0 Å². The highest BCUT2D eigenvalue weighted by atomic mass is 15.1. The number of unbranched alkanes of at least 4 members (excludes halogenated alkanes) is 12. The minimum atomic E-state index is 0.606. The summed E-state index contributed by atoms with van der Waals surface area (Å²) in [4.78, 5) is 5.18. The van der Waals surface area contributed by atoms with E-state index in [1.807, 2.05) is 48.5 Å². The molecule has 0 atom stereocenters. The first kappa shape index (κ1) is 56.0. The first-order valence-electron chi connectivity index (χ1n) is 28.6. The minimum Gasteiger partial charge on any atom is -0.372 e. The van der Waals surface area contributed by atoms with Crippen molar-refractivity contribution in [1.82, 2.24) is 0 Å². The summed E-state index contributed by atoms with van der Waals surface area (Å²) in [6.07, 6.45) is 29.0. The van der Waals surface area contributed by atoms with E-state index in [1.165, 1.54) is 114 Å². The predicted molar refractivity (Wildman–Crippen MR) is 327 cm³/mol. The summed E-state index contributed by atoms with van der Waals surface area (Å²) in [6.45, 7) is 13.5. The van der Waals surface area contributed by atoms with Gasteiger partial charge >= 0.3 is 0 Å². The van der Waals surface area contributed by atoms with Crippen LogP contribution in [0.5, 0.6) is 0 Å². The number of nitriles is 2. The Balaban J connectivity index is 1.27. The van der Waals surface area contributed by atoms with E-state index in [4.69, 9.17) is 0 Å². The third-order valence-electron chi connectivity index (χ3n) is 14.4. The largest absolute Gasteiger partial charge is 0.372 e. The minimum absolute atomic E-state index is 0.606. The molecule has 4 heteroatoms. The fraction of sp³-hybridized carbons (Fsp3) is 0.333. The van der Waals surface area contributed by atoms with Gasteiger partial charge in [-0.2, -0.15) is 10.5 Å². The molecular formula is C72H78N4. The van der Waals surface area contributed by atoms with E-state index in [-0.39, 0.29) is 0 Å². The topological polar surface area (TPSA) is 54.1 Å². The highest BCUT2D eigenvalue weighted by Gasteiger charge is 2.14. The Morgan fingerprint density at radius 1 is 0.316 bits per heavy atom. The van der Waals surface area contributed by atoms with Crippen molar-refractivity contribution in [2.45, 2.75) is 130 Å². The molecule has 0 aliphatic rings. The van der Waals surface area contributed by atoms with E-state index in [0.717, 1.165) is 92.2 Å². The molecule has 0 aliphatic carbocycles. The highest BCUT2D eigenvalue weighted by molar-refractivity contribution is 6.11. The van der Waals surface area contributed by atoms with Crippen molar-refractivity contribution in [2.24, 2.45) is 0 Å². The lowest BCUT2D eigenvalue weighted by Gasteiger charge is -2.25. The number of nitrogens with zero attached hydrogens (tertiary/aromatic N) is 4. The maximum atomic E-state index is 9.51. The fourth-order valence-corrected chi connectivity index (χ4v) is 9.90. The van der Waals surface area contributed by atoms with Gasteiger partial charge in [0.05, 0.1) is 23.3 Å². The van der Waals surface area contributed by atoms with Crippen molar-refractivity contribution < 1.29 is 0 Å². The van der Waals surface area contributed by atoms with Gasteiger partial charge in [0.25, 0.3) is 0 Å². The molecule has 0 saturated heterocycles. The lowest BCUT2D eigenvalue weighted by Crippen LogP contribution is -2.25. The van der Waals surface area contributed by atoms with Crippen LogP contribution in [0.25, 0.3) is 45.8 Å². The molecule has 7 aromatic carbocycles. The molecule has 7 rings (SSSR count). The summed E-state index contributed by atoms with van der Waals surface area (Å²) in [5, 5.41) is 23.1. The monoisotopic (exact) mass is 999 g/mol. The third-order valence-corrected chi connectivity index (χ3v) is 14.4. The summed E-state index contributed by atoms with van der Waals surface area (Å²) in [7, 11) is 0. The van der Waals surface area contributed by atoms with Gasteiger partial charge in [0.1, 0.15) is 0 Å². The van der Waals surface area contributed by atoms with Crippen molar-refractivity contribution in [2.75, 3.05) is 36.0 Å². The average molecular weight is 999 g/mol. The molecule has 0 unspecified atom stereocenters. The molecule has 0 spiro atoms. The zero-order chi connectivity index (χ0) is 53.2. The number of fused-ring (bicyclic) bond motifs is 2. The first-order valence-corrected chi connectivity index (χ1v) is 28.6. The Morgan fingerprint density at radius 2 is 0.618 bits per heavy atom. The summed E-state index contributed by atoms with van der Waals surface area (Å²) in [6, 6.07) is 50.8. The van der Waals surface area contributed by atoms with Crippen molar-refractivity contribution >= 4 is 57.2 Å². The smallest absolute Gasteiger partial charge is 0.0991 e. The second kappa shape index (κ2) is 30.6. The molecule has 0 aliphatic heterocycles. The summed E-state index contributed by atoms with van der Waals surface area (Å²) >= 11 is 0. The van der Waals surface area contributed by atoms with Gasteiger partial charge < -0.3 is 9.80 Å². The van der Waals surface area contributed by atoms with Gasteiger partial charge in [0.2, 0.25) is 0 Å². The zero-order valence-corrected chi connectivity index (χ0v) is 45.9. The normalized spacial score (nSPS) is 11.1. The van der Waals surface area contributed by atoms with Crippen LogP contribution in [0, 0.1) is 46.3 Å². The summed E-state index contributed by atoms with van der Waals surface area (Å²) in [5.74, 6) is 14.2. The van der Waals surface area contributed by atoms with Crippen LogP contribution in [0.3, 0.4) is 0 Å². The highest BCUT2D eigenvalue weighted by Crippen LogP contribution is 2.35. The molecule has 386 valence electrons. The molecule has 7 aromatic rings. The summed E-state index contributed by atoms with van der Waals surface area (Å²) < 4.78 is 0. The SMILES string of the molecule is CCCCCCN(CCCCCC)c1ccc(C=Cc2ccc3c(C#Cc4ccc(C#N)cc4)c4cc(C=Cc5ccc(N(CCCCCC)CCCCCC)cc5)ccc4c(C#Cc4ccc(C#N)cc4)c3c2)cc1. The summed E-state index contributed by atoms with van der Waals surface area (Å²) in [5.41, 5.74) is 11.8. The van der Waals surface area contributed by atoms with Crippen molar-refractivity contribution in [3.63, 3.8) is 0 Å². The molecular weight excluding hydrogens is 921 g/mol. The van der Waals surface area contributed by atoms with Crippen LogP contribution >= 0.6 is 0 Å². The predicted octanol–water partition coefficient (Wildman–Crippen LogP) is 18.8. The second-order valence-electron chi connectivity index (χ2n) is 20.3. The van der Waals surface area contributed by atoms with Crippen LogP contribution in [0.4, 0.5) is 11.4 Å². The standard InChI is InChI=1S/C72H78N4/c1-5-9-13-17-49-75(50-18-14-10-6-2)65-41-33-59(34-42-65)21-27-61-39-47-69-68(46-38-58-25-31-64(56-74)32-26-58)72-54-62(40-48-70(72)67(71(69)53-61)45-37-57-23-29-63(55-73)30-24-57)28-22-60-35-43-66(44-36-60)76(51-19-15-11-7-3)52-20-16-12-8-4/h21-36,39-44,47-48,53-54H,5-20,49-52H2,1-4H3. The molecule has 0 amide bonds. The van der Waals surface area contributed by atoms with Crippen LogP contribution in [-0.4, -0.2) is 26.2 Å². The van der Waals surface area contributed by atoms with E-state index in [0.29, 0.717) is 11.1 Å². The maximum Gasteiger partial charge on any atom is 0.0991 e. The molecule has 0 bridgehead atoms. The van der Waals surface area contributed by atoms with Gasteiger partial charge in [-0.25, -0.2) is 0 Å². The van der Waals surface area contributed by atoms with E-state index >= 15 is 0 Å². The molecule has 0 N–H and O–H groups in total. The fourth-order valence-electron chi connectivity index (χ4n) is 9.90. The Bertz CT molecular complexity index is 2970. The van der Waals surface area contributed by atoms with Crippen LogP contribution < -0.4 is 9.80 Å². The van der Waals surface area contributed by atoms with Gasteiger partial charge in [0, 0.05) is 59.8 Å². The Kier molecular flexibility index (Phi) is 22.5. The number of rotatable bonds is 26. The van der Waals surface area contributed by atoms with E-state index in [1.54, 1.807) is 0 Å². The van der Waals surface area contributed by atoms with Crippen molar-refractivity contribution in [3.8, 4) is 35.8 Å². The Morgan fingerprint density at radius 3 is 0.934 bits per heavy atom. The molecule has 0 heterocycles. The third kappa shape index (κ3) is 16.6. The molecule has 4 nitrogen and oxygen atoms in total. The van der Waals surface area contributed by atoms with Crippen LogP contribution in [0.1, 0.15) is 186 Å². The first-order chi connectivity index (χ1) is 37.4. The average Bonchev–Trinajstić information content (AvgIpc) is 3.46. The molecule has 0 fully saturated rings. The maximum absolute atomic E-state index is 9.51. The number of hydrogen-bond acceptors (Lipinski definition) is 4. The van der Waals surface area contributed by atoms with Gasteiger partial charge in [-0.1, -0.05) is 201 Å². The van der Waals surface area contributed by atoms with E-state index in [9.17, 15) is 10.5 Å². The molecule has 0 aromatic heterocycles. The number of hydrogen-bond donors (Lipinski definition) is 0. The second-order valence-corrected chi connectivity index (χ2v) is 20.3.